The summed E-state index contributed by atoms with van der Waals surface area (Å²) in [5, 5.41) is 8.78. The van der Waals surface area contributed by atoms with Crippen molar-refractivity contribution in [1.82, 2.24) is 0 Å². The third-order valence-corrected chi connectivity index (χ3v) is 5.51. The van der Waals surface area contributed by atoms with Crippen LogP contribution in [-0.4, -0.2) is 5.97 Å². The molecule has 3 nitrogen and oxygen atoms in total. The van der Waals surface area contributed by atoms with Crippen molar-refractivity contribution >= 4 is 12.0 Å². The summed E-state index contributed by atoms with van der Waals surface area (Å²) >= 11 is 0. The molecule has 0 atom stereocenters. The summed E-state index contributed by atoms with van der Waals surface area (Å²) in [4.78, 5) is 12.4. The van der Waals surface area contributed by atoms with E-state index in [9.17, 15) is 9.18 Å². The first-order valence-electron chi connectivity index (χ1n) is 10.3. The second-order valence-corrected chi connectivity index (χ2v) is 7.58. The minimum Gasteiger partial charge on any atom is -0.426 e. The molecule has 150 valence electrons. The average Bonchev–Trinajstić information content (AvgIpc) is 2.75. The number of carbonyl (C=O) groups is 1. The zero-order valence-corrected chi connectivity index (χ0v) is 16.7. The van der Waals surface area contributed by atoms with Gasteiger partial charge in [0.25, 0.3) is 0 Å². The number of rotatable bonds is 6. The molecule has 0 heterocycles. The van der Waals surface area contributed by atoms with Gasteiger partial charge in [0, 0.05) is 6.07 Å². The van der Waals surface area contributed by atoms with Crippen LogP contribution in [0.4, 0.5) is 4.39 Å². The first-order valence-corrected chi connectivity index (χ1v) is 10.3. The third-order valence-electron chi connectivity index (χ3n) is 5.51. The summed E-state index contributed by atoms with van der Waals surface area (Å²) in [5.41, 5.74) is 2.48. The van der Waals surface area contributed by atoms with Gasteiger partial charge in [0.2, 0.25) is 0 Å². The highest BCUT2D eigenvalue weighted by molar-refractivity contribution is 5.75. The molecule has 0 radical (unpaired) electrons. The number of esters is 1. The molecule has 1 aliphatic carbocycles. The molecule has 0 amide bonds. The summed E-state index contributed by atoms with van der Waals surface area (Å²) in [6, 6.07) is 14.3. The maximum Gasteiger partial charge on any atom is 0.314 e. The Hall–Kier alpha value is -2.93. The molecule has 4 heteroatoms. The number of nitrogens with zero attached hydrogens (tertiary/aromatic N) is 1. The van der Waals surface area contributed by atoms with Gasteiger partial charge in [-0.3, -0.25) is 4.79 Å². The van der Waals surface area contributed by atoms with Crippen LogP contribution in [0, 0.1) is 23.1 Å². The molecule has 1 saturated carbocycles. The minimum absolute atomic E-state index is 0.0582. The Kier molecular flexibility index (Phi) is 7.19. The number of unbranched alkanes of at least 4 members (excludes halogenated alkanes) is 1. The van der Waals surface area contributed by atoms with Crippen molar-refractivity contribution in [3.63, 3.8) is 0 Å². The normalized spacial score (nSPS) is 19.1. The van der Waals surface area contributed by atoms with Crippen LogP contribution in [0.2, 0.25) is 0 Å². The van der Waals surface area contributed by atoms with Crippen LogP contribution in [0.5, 0.6) is 5.75 Å². The lowest BCUT2D eigenvalue weighted by Gasteiger charge is -2.27. The van der Waals surface area contributed by atoms with Crippen LogP contribution in [-0.2, 0) is 4.79 Å². The van der Waals surface area contributed by atoms with Crippen LogP contribution in [0.25, 0.3) is 6.08 Å². The molecule has 0 bridgehead atoms. The van der Waals surface area contributed by atoms with E-state index in [-0.39, 0.29) is 23.2 Å². The SMILES string of the molecule is CCCC=Cc1ccc(C2CCC(C(=O)Oc3ccc(C#N)c(F)c3)CC2)cc1. The fourth-order valence-electron chi connectivity index (χ4n) is 3.78. The second-order valence-electron chi connectivity index (χ2n) is 7.58. The average molecular weight is 391 g/mol. The Bertz CT molecular complexity index is 903. The summed E-state index contributed by atoms with van der Waals surface area (Å²) < 4.78 is 19.0. The van der Waals surface area contributed by atoms with Gasteiger partial charge in [-0.25, -0.2) is 4.39 Å². The molecular weight excluding hydrogens is 365 g/mol. The van der Waals surface area contributed by atoms with Crippen molar-refractivity contribution in [3.05, 3.63) is 71.0 Å². The van der Waals surface area contributed by atoms with E-state index >= 15 is 0 Å². The van der Waals surface area contributed by atoms with Crippen molar-refractivity contribution in [2.45, 2.75) is 51.4 Å². The van der Waals surface area contributed by atoms with Gasteiger partial charge in [-0.05, 0) is 61.3 Å². The zero-order chi connectivity index (χ0) is 20.6. The van der Waals surface area contributed by atoms with E-state index in [0.29, 0.717) is 5.92 Å². The largest absolute Gasteiger partial charge is 0.426 e. The number of hydrogen-bond donors (Lipinski definition) is 0. The number of carbonyl (C=O) groups excluding carboxylic acids is 1. The lowest BCUT2D eigenvalue weighted by atomic mass is 9.78. The monoisotopic (exact) mass is 391 g/mol. The highest BCUT2D eigenvalue weighted by atomic mass is 19.1. The van der Waals surface area contributed by atoms with Gasteiger partial charge in [0.05, 0.1) is 11.5 Å². The minimum atomic E-state index is -0.672. The van der Waals surface area contributed by atoms with Crippen molar-refractivity contribution in [1.29, 1.82) is 5.26 Å². The number of ether oxygens (including phenoxy) is 1. The summed E-state index contributed by atoms with van der Waals surface area (Å²) in [5.74, 6) is -0.542. The lowest BCUT2D eigenvalue weighted by molar-refractivity contribution is -0.140. The number of hydrogen-bond acceptors (Lipinski definition) is 3. The van der Waals surface area contributed by atoms with E-state index < -0.39 is 5.82 Å². The Morgan fingerprint density at radius 2 is 1.90 bits per heavy atom. The van der Waals surface area contributed by atoms with Gasteiger partial charge < -0.3 is 4.74 Å². The number of allylic oxidation sites excluding steroid dienone is 1. The van der Waals surface area contributed by atoms with Gasteiger partial charge in [-0.15, -0.1) is 0 Å². The topological polar surface area (TPSA) is 50.1 Å². The molecule has 0 saturated heterocycles. The van der Waals surface area contributed by atoms with Crippen LogP contribution in [0.1, 0.15) is 68.1 Å². The van der Waals surface area contributed by atoms with E-state index in [1.165, 1.54) is 23.3 Å². The second kappa shape index (κ2) is 10.0. The van der Waals surface area contributed by atoms with E-state index in [0.717, 1.165) is 44.6 Å². The van der Waals surface area contributed by atoms with Gasteiger partial charge >= 0.3 is 5.97 Å². The van der Waals surface area contributed by atoms with Gasteiger partial charge in [-0.1, -0.05) is 49.8 Å². The van der Waals surface area contributed by atoms with Crippen molar-refractivity contribution in [2.75, 3.05) is 0 Å². The molecular formula is C25H26FNO2. The Labute approximate surface area is 171 Å². The summed E-state index contributed by atoms with van der Waals surface area (Å²) in [6.45, 7) is 2.17. The number of benzene rings is 2. The molecule has 0 aliphatic heterocycles. The number of halogens is 1. The maximum absolute atomic E-state index is 13.7. The van der Waals surface area contributed by atoms with Crippen molar-refractivity contribution in [2.24, 2.45) is 5.92 Å². The van der Waals surface area contributed by atoms with Crippen LogP contribution >= 0.6 is 0 Å². The molecule has 0 N–H and O–H groups in total. The molecule has 0 spiro atoms. The van der Waals surface area contributed by atoms with Crippen LogP contribution in [0.15, 0.2) is 48.5 Å². The van der Waals surface area contributed by atoms with Crippen molar-refractivity contribution < 1.29 is 13.9 Å². The molecule has 29 heavy (non-hydrogen) atoms. The van der Waals surface area contributed by atoms with Crippen molar-refractivity contribution in [3.8, 4) is 11.8 Å². The predicted octanol–water partition coefficient (Wildman–Crippen LogP) is 6.39. The standard InChI is InChI=1S/C25H26FNO2/c1-2-3-4-5-18-6-8-19(9-7-18)20-10-12-21(13-11-20)25(28)29-23-15-14-22(17-27)24(26)16-23/h4-9,14-16,20-21H,2-3,10-13H2,1H3. The van der Waals surface area contributed by atoms with Crippen LogP contribution < -0.4 is 4.74 Å². The smallest absolute Gasteiger partial charge is 0.314 e. The van der Waals surface area contributed by atoms with E-state index in [2.05, 4.69) is 43.3 Å². The molecule has 2 aromatic carbocycles. The zero-order valence-electron chi connectivity index (χ0n) is 16.7. The molecule has 1 fully saturated rings. The quantitative estimate of drug-likeness (QED) is 0.423. The van der Waals surface area contributed by atoms with E-state index in [1.807, 2.05) is 0 Å². The van der Waals surface area contributed by atoms with E-state index in [1.54, 1.807) is 6.07 Å². The molecule has 1 aliphatic rings. The van der Waals surface area contributed by atoms with Gasteiger partial charge in [0.1, 0.15) is 17.6 Å². The highest BCUT2D eigenvalue weighted by Gasteiger charge is 2.28. The molecule has 2 aromatic rings. The Balaban J connectivity index is 1.52. The predicted molar refractivity (Wildman–Crippen MR) is 112 cm³/mol. The van der Waals surface area contributed by atoms with Crippen LogP contribution in [0.3, 0.4) is 0 Å². The number of nitriles is 1. The van der Waals surface area contributed by atoms with Gasteiger partial charge in [0.15, 0.2) is 0 Å². The summed E-state index contributed by atoms with van der Waals surface area (Å²) in [6.07, 6.45) is 10.0. The molecule has 0 unspecified atom stereocenters. The molecule has 3 rings (SSSR count). The fourth-order valence-corrected chi connectivity index (χ4v) is 3.78. The Morgan fingerprint density at radius 1 is 1.17 bits per heavy atom. The first kappa shape index (κ1) is 20.8. The van der Waals surface area contributed by atoms with E-state index in [4.69, 9.17) is 10.00 Å². The third kappa shape index (κ3) is 5.54. The fraction of sp³-hybridized carbons (Fsp3) is 0.360. The lowest BCUT2D eigenvalue weighted by Crippen LogP contribution is -2.25. The first-order chi connectivity index (χ1) is 14.1. The highest BCUT2D eigenvalue weighted by Crippen LogP contribution is 2.36. The van der Waals surface area contributed by atoms with Gasteiger partial charge in [-0.2, -0.15) is 5.26 Å². The maximum atomic E-state index is 13.7. The summed E-state index contributed by atoms with van der Waals surface area (Å²) in [7, 11) is 0. The Morgan fingerprint density at radius 3 is 2.52 bits per heavy atom. The molecule has 0 aromatic heterocycles.